The number of sulfonamides is 1. The van der Waals surface area contributed by atoms with Gasteiger partial charge in [0, 0.05) is 40.5 Å². The molecule has 0 atom stereocenters. The highest BCUT2D eigenvalue weighted by molar-refractivity contribution is 7.89. The third-order valence-corrected chi connectivity index (χ3v) is 11.2. The highest BCUT2D eigenvalue weighted by Gasteiger charge is 2.51. The van der Waals surface area contributed by atoms with Crippen LogP contribution in [0.15, 0.2) is 59.6 Å². The van der Waals surface area contributed by atoms with Crippen molar-refractivity contribution >= 4 is 39.2 Å². The van der Waals surface area contributed by atoms with E-state index in [2.05, 4.69) is 20.7 Å². The van der Waals surface area contributed by atoms with Gasteiger partial charge in [-0.1, -0.05) is 36.4 Å². The smallest absolute Gasteiger partial charge is 0.405 e. The van der Waals surface area contributed by atoms with Crippen LogP contribution in [0.1, 0.15) is 69.9 Å². The number of hydrogen-bond acceptors (Lipinski definition) is 6. The van der Waals surface area contributed by atoms with E-state index in [4.69, 9.17) is 4.98 Å². The lowest BCUT2D eigenvalue weighted by Gasteiger charge is -2.52. The van der Waals surface area contributed by atoms with Crippen molar-refractivity contribution in [3.63, 3.8) is 0 Å². The molecule has 224 valence electrons. The minimum absolute atomic E-state index is 0.0583. The normalized spacial score (nSPS) is 22.0. The summed E-state index contributed by atoms with van der Waals surface area (Å²) in [6.45, 7) is 5.66. The summed E-state index contributed by atoms with van der Waals surface area (Å²) in [4.78, 5) is 29.5. The molecular formula is C30H37N5O5S2. The highest BCUT2D eigenvalue weighted by Crippen LogP contribution is 2.55. The lowest BCUT2D eigenvalue weighted by atomic mass is 9.57. The number of fused-ring (bicyclic) bond motifs is 3. The number of benzene rings is 2. The van der Waals surface area contributed by atoms with E-state index in [1.807, 2.05) is 30.3 Å². The molecule has 2 aromatic carbocycles. The molecular weight excluding hydrogens is 574 g/mol. The second-order valence-electron chi connectivity index (χ2n) is 12.4. The van der Waals surface area contributed by atoms with Crippen LogP contribution in [0.25, 0.3) is 10.4 Å². The number of hydrogen-bond donors (Lipinski definition) is 5. The van der Waals surface area contributed by atoms with Crippen molar-refractivity contribution in [2.75, 3.05) is 5.32 Å². The van der Waals surface area contributed by atoms with Gasteiger partial charge >= 0.3 is 12.1 Å². The van der Waals surface area contributed by atoms with Crippen LogP contribution < -0.4 is 20.7 Å². The zero-order valence-electron chi connectivity index (χ0n) is 24.0. The van der Waals surface area contributed by atoms with E-state index >= 15 is 0 Å². The number of carbonyl (C=O) groups excluding carboxylic acids is 1. The largest absolute Gasteiger partial charge is 0.465 e. The second kappa shape index (κ2) is 11.3. The van der Waals surface area contributed by atoms with Gasteiger partial charge in [-0.2, -0.15) is 0 Å². The fraction of sp³-hybridized carbons (Fsp3) is 0.433. The Bertz CT molecular complexity index is 1560. The highest BCUT2D eigenvalue weighted by atomic mass is 32.2. The molecule has 2 bridgehead atoms. The van der Waals surface area contributed by atoms with Crippen LogP contribution in [0, 0.1) is 0 Å². The molecule has 3 aliphatic rings. The number of carboxylic acid groups (broad SMARTS) is 1. The van der Waals surface area contributed by atoms with Crippen LogP contribution in [-0.4, -0.2) is 41.7 Å². The first kappa shape index (κ1) is 30.0. The second-order valence-corrected chi connectivity index (χ2v) is 15.1. The molecule has 3 aliphatic carbocycles. The molecule has 3 fully saturated rings. The Hall–Kier alpha value is -3.48. The van der Waals surface area contributed by atoms with Gasteiger partial charge in [-0.05, 0) is 77.0 Å². The lowest BCUT2D eigenvalue weighted by molar-refractivity contribution is 0.0746. The van der Waals surface area contributed by atoms with E-state index < -0.39 is 27.7 Å². The number of nitrogens with one attached hydrogen (secondary N) is 4. The van der Waals surface area contributed by atoms with Crippen LogP contribution >= 0.6 is 11.3 Å². The van der Waals surface area contributed by atoms with Gasteiger partial charge in [0.05, 0.1) is 14.8 Å². The van der Waals surface area contributed by atoms with Gasteiger partial charge in [0.25, 0.3) is 0 Å². The van der Waals surface area contributed by atoms with Crippen molar-refractivity contribution in [3.8, 4) is 10.4 Å². The molecule has 1 aromatic heterocycles. The predicted octanol–water partition coefficient (Wildman–Crippen LogP) is 5.82. The molecule has 6 rings (SSSR count). The molecule has 0 spiro atoms. The van der Waals surface area contributed by atoms with Crippen LogP contribution in [0.3, 0.4) is 0 Å². The zero-order valence-corrected chi connectivity index (χ0v) is 25.6. The molecule has 3 saturated carbocycles. The Labute approximate surface area is 250 Å². The molecule has 0 unspecified atom stereocenters. The van der Waals surface area contributed by atoms with Crippen LogP contribution in [-0.2, 0) is 22.0 Å². The molecule has 3 aromatic rings. The summed E-state index contributed by atoms with van der Waals surface area (Å²) in [5, 5.41) is 18.6. The molecule has 42 heavy (non-hydrogen) atoms. The maximum Gasteiger partial charge on any atom is 0.405 e. The maximum atomic E-state index is 13.6. The van der Waals surface area contributed by atoms with E-state index in [0.29, 0.717) is 17.8 Å². The molecule has 0 aliphatic heterocycles. The zero-order chi connectivity index (χ0) is 30.2. The van der Waals surface area contributed by atoms with E-state index in [1.165, 1.54) is 17.4 Å². The quantitative estimate of drug-likeness (QED) is 0.217. The van der Waals surface area contributed by atoms with E-state index in [1.54, 1.807) is 39.1 Å². The van der Waals surface area contributed by atoms with Crippen molar-refractivity contribution in [1.82, 2.24) is 20.3 Å². The van der Waals surface area contributed by atoms with Gasteiger partial charge in [0.15, 0.2) is 0 Å². The third kappa shape index (κ3) is 6.61. The molecule has 0 saturated heterocycles. The molecule has 5 N–H and O–H groups in total. The number of carbonyl (C=O) groups is 2. The van der Waals surface area contributed by atoms with E-state index in [-0.39, 0.29) is 15.8 Å². The summed E-state index contributed by atoms with van der Waals surface area (Å²) in [5.41, 5.74) is 0.598. The monoisotopic (exact) mass is 611 g/mol. The Morgan fingerprint density at radius 3 is 2.29 bits per heavy atom. The minimum Gasteiger partial charge on any atom is -0.465 e. The van der Waals surface area contributed by atoms with Crippen LogP contribution in [0.5, 0.6) is 0 Å². The number of amides is 3. The number of rotatable bonds is 8. The number of anilines is 1. The number of nitrogens with zero attached hydrogens (tertiary/aromatic N) is 1. The van der Waals surface area contributed by atoms with E-state index in [9.17, 15) is 23.1 Å². The SMILES string of the molecule is CC(C)(C)NS(=O)(=O)c1cc(NC(=O)NCc2ccccc2)ccc1-c1cnc(C23CCC(NC(=O)O)(CC2)CC3)s1. The first-order valence-electron chi connectivity index (χ1n) is 14.0. The lowest BCUT2D eigenvalue weighted by Crippen LogP contribution is -2.57. The standard InChI is InChI=1S/C30H37N5O5S2/c1-28(2,3)35-42(39,40)24-17-21(33-26(36)32-18-20-7-5-4-6-8-20)9-10-22(24)23-19-31-25(41-23)29-11-14-30(15-12-29,16-13-29)34-27(37)38/h4-10,17,19,34-35H,11-16,18H2,1-3H3,(H,37,38)(H2,32,33,36). The molecule has 3 amide bonds. The van der Waals surface area contributed by atoms with Crippen molar-refractivity contribution in [1.29, 1.82) is 0 Å². The van der Waals surface area contributed by atoms with Crippen molar-refractivity contribution in [3.05, 3.63) is 65.3 Å². The van der Waals surface area contributed by atoms with Crippen LogP contribution in [0.4, 0.5) is 15.3 Å². The number of aromatic nitrogens is 1. The Morgan fingerprint density at radius 1 is 1.00 bits per heavy atom. The molecule has 0 radical (unpaired) electrons. The van der Waals surface area contributed by atoms with Gasteiger partial charge in [-0.3, -0.25) is 0 Å². The Morgan fingerprint density at radius 2 is 1.67 bits per heavy atom. The summed E-state index contributed by atoms with van der Waals surface area (Å²) in [7, 11) is -3.97. The van der Waals surface area contributed by atoms with Gasteiger partial charge in [-0.15, -0.1) is 11.3 Å². The molecule has 10 nitrogen and oxygen atoms in total. The molecule has 12 heteroatoms. The minimum atomic E-state index is -3.97. The van der Waals surface area contributed by atoms with Crippen molar-refractivity contribution in [2.45, 2.75) is 87.2 Å². The number of urea groups is 1. The Balaban J connectivity index is 1.40. The first-order chi connectivity index (χ1) is 19.8. The number of thiazole rings is 1. The summed E-state index contributed by atoms with van der Waals surface area (Å²) in [6.07, 6.45) is 5.52. The summed E-state index contributed by atoms with van der Waals surface area (Å²) >= 11 is 1.49. The maximum absolute atomic E-state index is 13.6. The van der Waals surface area contributed by atoms with Crippen molar-refractivity contribution in [2.24, 2.45) is 0 Å². The topological polar surface area (TPSA) is 150 Å². The van der Waals surface area contributed by atoms with Gasteiger partial charge in [0.2, 0.25) is 10.0 Å². The van der Waals surface area contributed by atoms with Crippen molar-refractivity contribution < 1.29 is 23.1 Å². The summed E-state index contributed by atoms with van der Waals surface area (Å²) in [6, 6.07) is 13.9. The average Bonchev–Trinajstić information content (AvgIpc) is 3.43. The van der Waals surface area contributed by atoms with Gasteiger partial charge < -0.3 is 21.1 Å². The summed E-state index contributed by atoms with van der Waals surface area (Å²) < 4.78 is 30.0. The predicted molar refractivity (Wildman–Crippen MR) is 163 cm³/mol. The van der Waals surface area contributed by atoms with Crippen LogP contribution in [0.2, 0.25) is 0 Å². The Kier molecular flexibility index (Phi) is 8.08. The van der Waals surface area contributed by atoms with Gasteiger partial charge in [0.1, 0.15) is 0 Å². The average molecular weight is 612 g/mol. The summed E-state index contributed by atoms with van der Waals surface area (Å²) in [5.74, 6) is 0. The fourth-order valence-corrected chi connectivity index (χ4v) is 8.96. The van der Waals surface area contributed by atoms with Gasteiger partial charge in [-0.25, -0.2) is 27.7 Å². The third-order valence-electron chi connectivity index (χ3n) is 8.11. The van der Waals surface area contributed by atoms with E-state index in [0.717, 1.165) is 54.0 Å². The molecule has 1 heterocycles. The fourth-order valence-electron chi connectivity index (χ4n) is 6.00. The first-order valence-corrected chi connectivity index (χ1v) is 16.3.